The zero-order valence-corrected chi connectivity index (χ0v) is 20.9. The Morgan fingerprint density at radius 2 is 1.94 bits per heavy atom. The molecular formula is C28H37N3O4. The Labute approximate surface area is 208 Å². The zero-order chi connectivity index (χ0) is 24.9. The van der Waals surface area contributed by atoms with E-state index >= 15 is 0 Å². The van der Waals surface area contributed by atoms with Gasteiger partial charge >= 0.3 is 0 Å². The third kappa shape index (κ3) is 6.61. The van der Waals surface area contributed by atoms with Crippen LogP contribution in [0.4, 0.5) is 5.69 Å². The standard InChI is InChI=1S/C28H37N3O4/c1-19-15-31(20(2)18-32)28(34)24-14-23(29-27(33)13-21-7-5-4-6-8-21)11-12-25(24)35-26(19)17-30(3)16-22-9-10-22/h4-8,11-12,14,19-20,22,26,32H,9-10,13,15-18H2,1-3H3,(H,29,33)/t19-,20+,26+/m1/s1. The third-order valence-electron chi connectivity index (χ3n) is 6.91. The first kappa shape index (κ1) is 25.2. The largest absolute Gasteiger partial charge is 0.488 e. The summed E-state index contributed by atoms with van der Waals surface area (Å²) in [6, 6.07) is 14.5. The number of anilines is 1. The van der Waals surface area contributed by atoms with Crippen molar-refractivity contribution in [2.75, 3.05) is 38.6 Å². The van der Waals surface area contributed by atoms with Crippen LogP contribution >= 0.6 is 0 Å². The van der Waals surface area contributed by atoms with Crippen molar-refractivity contribution in [1.29, 1.82) is 0 Å². The molecule has 7 heteroatoms. The predicted molar refractivity (Wildman–Crippen MR) is 137 cm³/mol. The highest BCUT2D eigenvalue weighted by molar-refractivity contribution is 6.00. The number of aliphatic hydroxyl groups is 1. The summed E-state index contributed by atoms with van der Waals surface area (Å²) in [5.74, 6) is 1.04. The molecule has 3 atom stereocenters. The predicted octanol–water partition coefficient (Wildman–Crippen LogP) is 3.43. The molecule has 2 aromatic rings. The molecule has 1 aliphatic carbocycles. The first-order chi connectivity index (χ1) is 16.8. The fourth-order valence-electron chi connectivity index (χ4n) is 4.63. The first-order valence-electron chi connectivity index (χ1n) is 12.6. The highest BCUT2D eigenvalue weighted by Gasteiger charge is 2.34. The molecule has 0 bridgehead atoms. The van der Waals surface area contributed by atoms with Gasteiger partial charge in [-0.15, -0.1) is 0 Å². The number of carbonyl (C=O) groups excluding carboxylic acids is 2. The van der Waals surface area contributed by atoms with Crippen molar-refractivity contribution >= 4 is 17.5 Å². The Balaban J connectivity index is 1.56. The van der Waals surface area contributed by atoms with Gasteiger partial charge < -0.3 is 25.0 Å². The highest BCUT2D eigenvalue weighted by atomic mass is 16.5. The minimum atomic E-state index is -0.322. The van der Waals surface area contributed by atoms with Gasteiger partial charge in [0.25, 0.3) is 5.91 Å². The Kier molecular flexibility index (Phi) is 8.08. The summed E-state index contributed by atoms with van der Waals surface area (Å²) in [5, 5.41) is 12.8. The quantitative estimate of drug-likeness (QED) is 0.576. The summed E-state index contributed by atoms with van der Waals surface area (Å²) in [5.41, 5.74) is 1.88. The van der Waals surface area contributed by atoms with Crippen LogP contribution in [0.2, 0.25) is 0 Å². The molecule has 0 spiro atoms. The lowest BCUT2D eigenvalue weighted by molar-refractivity contribution is -0.115. The van der Waals surface area contributed by atoms with E-state index < -0.39 is 0 Å². The summed E-state index contributed by atoms with van der Waals surface area (Å²) in [6.07, 6.45) is 2.74. The lowest BCUT2D eigenvalue weighted by Crippen LogP contribution is -2.50. The summed E-state index contributed by atoms with van der Waals surface area (Å²) in [7, 11) is 2.12. The minimum Gasteiger partial charge on any atom is -0.488 e. The number of hydrogen-bond acceptors (Lipinski definition) is 5. The number of carbonyl (C=O) groups is 2. The van der Waals surface area contributed by atoms with E-state index in [0.29, 0.717) is 23.5 Å². The number of fused-ring (bicyclic) bond motifs is 1. The van der Waals surface area contributed by atoms with Gasteiger partial charge in [0.05, 0.1) is 24.6 Å². The van der Waals surface area contributed by atoms with Crippen LogP contribution < -0.4 is 10.1 Å². The summed E-state index contributed by atoms with van der Waals surface area (Å²) < 4.78 is 6.45. The molecule has 2 aliphatic rings. The molecule has 188 valence electrons. The number of nitrogens with zero attached hydrogens (tertiary/aromatic N) is 2. The molecule has 1 saturated carbocycles. The van der Waals surface area contributed by atoms with E-state index in [9.17, 15) is 14.7 Å². The molecule has 2 amide bonds. The molecule has 1 heterocycles. The van der Waals surface area contributed by atoms with Gasteiger partial charge in [0.2, 0.25) is 5.91 Å². The van der Waals surface area contributed by atoms with E-state index in [1.54, 1.807) is 23.1 Å². The van der Waals surface area contributed by atoms with Crippen LogP contribution in [0, 0.1) is 11.8 Å². The van der Waals surface area contributed by atoms with Crippen LogP contribution in [0.5, 0.6) is 5.75 Å². The van der Waals surface area contributed by atoms with Crippen LogP contribution in [0.1, 0.15) is 42.6 Å². The van der Waals surface area contributed by atoms with Crippen LogP contribution in [-0.4, -0.2) is 72.2 Å². The fourth-order valence-corrected chi connectivity index (χ4v) is 4.63. The zero-order valence-electron chi connectivity index (χ0n) is 20.9. The maximum absolute atomic E-state index is 13.6. The van der Waals surface area contributed by atoms with Crippen molar-refractivity contribution in [3.8, 4) is 5.75 Å². The second-order valence-corrected chi connectivity index (χ2v) is 10.2. The number of amides is 2. The van der Waals surface area contributed by atoms with E-state index in [2.05, 4.69) is 24.2 Å². The number of hydrogen-bond donors (Lipinski definition) is 2. The van der Waals surface area contributed by atoms with Gasteiger partial charge in [-0.25, -0.2) is 0 Å². The molecule has 0 saturated heterocycles. The van der Waals surface area contributed by atoms with E-state index in [1.165, 1.54) is 12.8 Å². The second kappa shape index (κ2) is 11.2. The topological polar surface area (TPSA) is 82.1 Å². The van der Waals surface area contributed by atoms with Gasteiger partial charge in [-0.1, -0.05) is 37.3 Å². The minimum absolute atomic E-state index is 0.0907. The van der Waals surface area contributed by atoms with Crippen LogP contribution in [0.25, 0.3) is 0 Å². The maximum Gasteiger partial charge on any atom is 0.258 e. The molecule has 0 radical (unpaired) electrons. The molecule has 1 aliphatic heterocycles. The Hall–Kier alpha value is -2.90. The molecule has 2 N–H and O–H groups in total. The molecule has 0 unspecified atom stereocenters. The van der Waals surface area contributed by atoms with Gasteiger partial charge in [-0.2, -0.15) is 0 Å². The van der Waals surface area contributed by atoms with Crippen LogP contribution in [0.3, 0.4) is 0 Å². The SMILES string of the molecule is C[C@@H]1CN([C@@H](C)CO)C(=O)c2cc(NC(=O)Cc3ccccc3)ccc2O[C@H]1CN(C)CC1CC1. The molecule has 4 rings (SSSR count). The summed E-state index contributed by atoms with van der Waals surface area (Å²) in [4.78, 5) is 30.2. The van der Waals surface area contributed by atoms with Crippen molar-refractivity contribution in [2.45, 2.75) is 45.3 Å². The van der Waals surface area contributed by atoms with Crippen molar-refractivity contribution in [3.05, 3.63) is 59.7 Å². The number of likely N-dealkylation sites (N-methyl/N-ethyl adjacent to an activating group) is 1. The van der Waals surface area contributed by atoms with E-state index in [1.807, 2.05) is 37.3 Å². The highest BCUT2D eigenvalue weighted by Crippen LogP contribution is 2.32. The molecule has 2 aromatic carbocycles. The molecule has 7 nitrogen and oxygen atoms in total. The third-order valence-corrected chi connectivity index (χ3v) is 6.91. The van der Waals surface area contributed by atoms with Gasteiger partial charge in [0.15, 0.2) is 0 Å². The number of ether oxygens (including phenoxy) is 1. The van der Waals surface area contributed by atoms with Gasteiger partial charge in [0, 0.05) is 31.2 Å². The smallest absolute Gasteiger partial charge is 0.258 e. The number of rotatable bonds is 9. The number of nitrogens with one attached hydrogen (secondary N) is 1. The Morgan fingerprint density at radius 1 is 1.20 bits per heavy atom. The monoisotopic (exact) mass is 479 g/mol. The van der Waals surface area contributed by atoms with Gasteiger partial charge in [-0.3, -0.25) is 9.59 Å². The van der Waals surface area contributed by atoms with E-state index in [-0.39, 0.29) is 42.9 Å². The lowest BCUT2D eigenvalue weighted by atomic mass is 9.99. The van der Waals surface area contributed by atoms with E-state index in [0.717, 1.165) is 24.6 Å². The average molecular weight is 480 g/mol. The lowest BCUT2D eigenvalue weighted by Gasteiger charge is -2.38. The molecule has 35 heavy (non-hydrogen) atoms. The number of benzene rings is 2. The Morgan fingerprint density at radius 3 is 2.63 bits per heavy atom. The maximum atomic E-state index is 13.6. The van der Waals surface area contributed by atoms with Crippen molar-refractivity contribution < 1.29 is 19.4 Å². The van der Waals surface area contributed by atoms with Gasteiger partial charge in [0.1, 0.15) is 11.9 Å². The first-order valence-corrected chi connectivity index (χ1v) is 12.6. The molecule has 0 aromatic heterocycles. The van der Waals surface area contributed by atoms with Crippen molar-refractivity contribution in [3.63, 3.8) is 0 Å². The van der Waals surface area contributed by atoms with Crippen molar-refractivity contribution in [2.24, 2.45) is 11.8 Å². The molecular weight excluding hydrogens is 442 g/mol. The van der Waals surface area contributed by atoms with E-state index in [4.69, 9.17) is 4.74 Å². The van der Waals surface area contributed by atoms with Crippen molar-refractivity contribution in [1.82, 2.24) is 9.80 Å². The van der Waals surface area contributed by atoms with Gasteiger partial charge in [-0.05, 0) is 56.5 Å². The summed E-state index contributed by atoms with van der Waals surface area (Å²) in [6.45, 7) is 6.15. The summed E-state index contributed by atoms with van der Waals surface area (Å²) >= 11 is 0. The van der Waals surface area contributed by atoms with Crippen LogP contribution in [0.15, 0.2) is 48.5 Å². The average Bonchev–Trinajstić information content (AvgIpc) is 3.65. The Bertz CT molecular complexity index is 1020. The fraction of sp³-hybridized carbons (Fsp3) is 0.500. The number of aliphatic hydroxyl groups excluding tert-OH is 1. The van der Waals surface area contributed by atoms with Crippen LogP contribution in [-0.2, 0) is 11.2 Å². The molecule has 1 fully saturated rings. The normalized spacial score (nSPS) is 21.1. The second-order valence-electron chi connectivity index (χ2n) is 10.2.